The lowest BCUT2D eigenvalue weighted by atomic mass is 9.88. The highest BCUT2D eigenvalue weighted by Crippen LogP contribution is 2.35. The van der Waals surface area contributed by atoms with E-state index in [2.05, 4.69) is 40.4 Å². The molecule has 0 amide bonds. The van der Waals surface area contributed by atoms with Gasteiger partial charge >= 0.3 is 0 Å². The normalized spacial score (nSPS) is 17.1. The maximum Gasteiger partial charge on any atom is 0.192 e. The van der Waals surface area contributed by atoms with Gasteiger partial charge in [0.05, 0.1) is 5.52 Å². The number of halogens is 1. The van der Waals surface area contributed by atoms with Crippen LogP contribution in [0.3, 0.4) is 0 Å². The smallest absolute Gasteiger partial charge is 0.192 e. The van der Waals surface area contributed by atoms with Crippen LogP contribution in [0.25, 0.3) is 10.9 Å². The lowest BCUT2D eigenvalue weighted by molar-refractivity contribution is 0.324. The molecule has 0 aliphatic carbocycles. The van der Waals surface area contributed by atoms with Crippen LogP contribution in [0, 0.1) is 6.92 Å². The van der Waals surface area contributed by atoms with Crippen molar-refractivity contribution in [3.63, 3.8) is 0 Å². The molecule has 1 aromatic carbocycles. The summed E-state index contributed by atoms with van der Waals surface area (Å²) in [5.41, 5.74) is 3.45. The Morgan fingerprint density at radius 1 is 1.33 bits per heavy atom. The van der Waals surface area contributed by atoms with Crippen LogP contribution in [-0.2, 0) is 12.0 Å². The number of hydrogen-bond acceptors (Lipinski definition) is 1. The molecular weight excluding hydrogens is 290 g/mol. The summed E-state index contributed by atoms with van der Waals surface area (Å²) < 4.78 is 3.28. The summed E-state index contributed by atoms with van der Waals surface area (Å²) in [5, 5.41) is 0.840. The van der Waals surface area contributed by atoms with E-state index in [1.54, 1.807) is 0 Å². The predicted octanol–water partition coefficient (Wildman–Crippen LogP) is 3.75. The standard InChI is InChI=1S/C15H16BrNO/c1-9-8-17-13-10(4-5-15(17,2)3)6-11(16)7-12(13)14(9)18/h6-8H,4-5H2,1-3H3. The van der Waals surface area contributed by atoms with E-state index in [0.29, 0.717) is 0 Å². The van der Waals surface area contributed by atoms with E-state index in [1.807, 2.05) is 19.2 Å². The topological polar surface area (TPSA) is 22.0 Å². The van der Waals surface area contributed by atoms with Crippen molar-refractivity contribution >= 4 is 26.8 Å². The lowest BCUT2D eigenvalue weighted by Crippen LogP contribution is -2.33. The zero-order chi connectivity index (χ0) is 13.1. The third kappa shape index (κ3) is 1.57. The third-order valence-corrected chi connectivity index (χ3v) is 4.44. The van der Waals surface area contributed by atoms with Crippen molar-refractivity contribution in [2.45, 2.75) is 39.2 Å². The first-order valence-corrected chi connectivity index (χ1v) is 7.04. The molecule has 0 N–H and O–H groups in total. The maximum absolute atomic E-state index is 12.3. The molecule has 0 spiro atoms. The van der Waals surface area contributed by atoms with Crippen LogP contribution in [0.15, 0.2) is 27.6 Å². The van der Waals surface area contributed by atoms with Crippen LogP contribution in [0.5, 0.6) is 0 Å². The summed E-state index contributed by atoms with van der Waals surface area (Å²) in [6, 6.07) is 4.09. The fourth-order valence-corrected chi connectivity index (χ4v) is 3.38. The van der Waals surface area contributed by atoms with Crippen LogP contribution in [0.4, 0.5) is 0 Å². The molecule has 18 heavy (non-hydrogen) atoms. The summed E-state index contributed by atoms with van der Waals surface area (Å²) in [4.78, 5) is 12.3. The summed E-state index contributed by atoms with van der Waals surface area (Å²) in [6.07, 6.45) is 4.15. The van der Waals surface area contributed by atoms with Crippen molar-refractivity contribution < 1.29 is 0 Å². The molecule has 1 aliphatic heterocycles. The molecule has 0 atom stereocenters. The Labute approximate surface area is 115 Å². The Bertz CT molecular complexity index is 712. The van der Waals surface area contributed by atoms with Crippen LogP contribution >= 0.6 is 15.9 Å². The number of aromatic nitrogens is 1. The second kappa shape index (κ2) is 3.70. The molecule has 94 valence electrons. The fourth-order valence-electron chi connectivity index (χ4n) is 2.87. The number of benzene rings is 1. The second-order valence-electron chi connectivity index (χ2n) is 5.78. The van der Waals surface area contributed by atoms with Gasteiger partial charge in [-0.3, -0.25) is 4.79 Å². The van der Waals surface area contributed by atoms with Gasteiger partial charge in [0.1, 0.15) is 0 Å². The van der Waals surface area contributed by atoms with E-state index in [0.717, 1.165) is 33.8 Å². The maximum atomic E-state index is 12.3. The van der Waals surface area contributed by atoms with Crippen molar-refractivity contribution in [2.24, 2.45) is 0 Å². The van der Waals surface area contributed by atoms with E-state index in [9.17, 15) is 4.79 Å². The fraction of sp³-hybridized carbons (Fsp3) is 0.400. The zero-order valence-electron chi connectivity index (χ0n) is 10.9. The molecule has 1 aliphatic rings. The number of hydrogen-bond donors (Lipinski definition) is 0. The molecule has 0 bridgehead atoms. The summed E-state index contributed by atoms with van der Waals surface area (Å²) in [6.45, 7) is 6.37. The highest BCUT2D eigenvalue weighted by atomic mass is 79.9. The van der Waals surface area contributed by atoms with Crippen LogP contribution in [0.1, 0.15) is 31.4 Å². The molecule has 0 fully saturated rings. The third-order valence-electron chi connectivity index (χ3n) is 3.98. The van der Waals surface area contributed by atoms with E-state index in [4.69, 9.17) is 0 Å². The largest absolute Gasteiger partial charge is 0.341 e. The SMILES string of the molecule is Cc1cn2c3c(cc(Br)cc3c1=O)CCC2(C)C. The first-order chi connectivity index (χ1) is 8.40. The van der Waals surface area contributed by atoms with Crippen LogP contribution < -0.4 is 5.43 Å². The highest BCUT2D eigenvalue weighted by molar-refractivity contribution is 9.10. The average molecular weight is 306 g/mol. The molecule has 2 aromatic rings. The first kappa shape index (κ1) is 12.0. The van der Waals surface area contributed by atoms with Gasteiger partial charge in [-0.15, -0.1) is 0 Å². The predicted molar refractivity (Wildman–Crippen MR) is 78.3 cm³/mol. The molecule has 3 heteroatoms. The number of nitrogens with zero attached hydrogens (tertiary/aromatic N) is 1. The van der Waals surface area contributed by atoms with Crippen molar-refractivity contribution in [3.8, 4) is 0 Å². The van der Waals surface area contributed by atoms with Gasteiger partial charge in [0, 0.05) is 27.2 Å². The highest BCUT2D eigenvalue weighted by Gasteiger charge is 2.28. The van der Waals surface area contributed by atoms with E-state index in [-0.39, 0.29) is 11.0 Å². The van der Waals surface area contributed by atoms with E-state index < -0.39 is 0 Å². The summed E-state index contributed by atoms with van der Waals surface area (Å²) in [7, 11) is 0. The van der Waals surface area contributed by atoms with Crippen molar-refractivity contribution in [3.05, 3.63) is 44.2 Å². The Morgan fingerprint density at radius 2 is 2.06 bits per heavy atom. The second-order valence-corrected chi connectivity index (χ2v) is 6.70. The molecular formula is C15H16BrNO. The van der Waals surface area contributed by atoms with Gasteiger partial charge < -0.3 is 4.57 Å². The molecule has 0 saturated heterocycles. The lowest BCUT2D eigenvalue weighted by Gasteiger charge is -2.35. The van der Waals surface area contributed by atoms with Crippen molar-refractivity contribution in [1.82, 2.24) is 4.57 Å². The van der Waals surface area contributed by atoms with E-state index in [1.165, 1.54) is 5.56 Å². The molecule has 2 heterocycles. The Hall–Kier alpha value is -1.09. The van der Waals surface area contributed by atoms with Gasteiger partial charge in [-0.05, 0) is 51.3 Å². The van der Waals surface area contributed by atoms with Gasteiger partial charge in [0.2, 0.25) is 0 Å². The molecule has 0 unspecified atom stereocenters. The molecule has 0 saturated carbocycles. The number of aryl methyl sites for hydroxylation is 2. The van der Waals surface area contributed by atoms with Crippen LogP contribution in [-0.4, -0.2) is 4.57 Å². The monoisotopic (exact) mass is 305 g/mol. The van der Waals surface area contributed by atoms with Crippen molar-refractivity contribution in [1.29, 1.82) is 0 Å². The van der Waals surface area contributed by atoms with Gasteiger partial charge in [-0.1, -0.05) is 15.9 Å². The molecule has 0 radical (unpaired) electrons. The van der Waals surface area contributed by atoms with Crippen LogP contribution in [0.2, 0.25) is 0 Å². The average Bonchev–Trinajstić information content (AvgIpc) is 2.29. The van der Waals surface area contributed by atoms with E-state index >= 15 is 0 Å². The van der Waals surface area contributed by atoms with Gasteiger partial charge in [0.15, 0.2) is 5.43 Å². The summed E-state index contributed by atoms with van der Waals surface area (Å²) in [5.74, 6) is 0. The van der Waals surface area contributed by atoms with Gasteiger partial charge in [0.25, 0.3) is 0 Å². The summed E-state index contributed by atoms with van der Waals surface area (Å²) >= 11 is 3.51. The minimum atomic E-state index is 0.0809. The zero-order valence-corrected chi connectivity index (χ0v) is 12.5. The van der Waals surface area contributed by atoms with Gasteiger partial charge in [-0.25, -0.2) is 0 Å². The van der Waals surface area contributed by atoms with Crippen molar-refractivity contribution in [2.75, 3.05) is 0 Å². The molecule has 3 rings (SSSR count). The number of rotatable bonds is 0. The molecule has 2 nitrogen and oxygen atoms in total. The number of pyridine rings is 1. The minimum absolute atomic E-state index is 0.0809. The quantitative estimate of drug-likeness (QED) is 0.726. The Kier molecular flexibility index (Phi) is 2.46. The Balaban J connectivity index is 2.58. The first-order valence-electron chi connectivity index (χ1n) is 6.25. The minimum Gasteiger partial charge on any atom is -0.341 e. The van der Waals surface area contributed by atoms with Gasteiger partial charge in [-0.2, -0.15) is 0 Å². The Morgan fingerprint density at radius 3 is 2.78 bits per heavy atom. The molecule has 1 aromatic heterocycles.